The molecule has 3 aromatic heterocycles. The summed E-state index contributed by atoms with van der Waals surface area (Å²) in [6, 6.07) is 18.9. The number of hydrogen-bond donors (Lipinski definition) is 0. The van der Waals surface area contributed by atoms with Gasteiger partial charge in [0, 0.05) is 12.2 Å². The van der Waals surface area contributed by atoms with E-state index in [9.17, 15) is 4.79 Å². The van der Waals surface area contributed by atoms with Crippen LogP contribution in [-0.4, -0.2) is 20.3 Å². The van der Waals surface area contributed by atoms with E-state index in [4.69, 9.17) is 13.8 Å². The highest BCUT2D eigenvalue weighted by Gasteiger charge is 2.13. The molecule has 5 aromatic rings. The fourth-order valence-corrected chi connectivity index (χ4v) is 4.31. The molecule has 0 amide bonds. The summed E-state index contributed by atoms with van der Waals surface area (Å²) < 4.78 is 12.9. The molecule has 0 atom stereocenters. The van der Waals surface area contributed by atoms with E-state index < -0.39 is 0 Å². The molecule has 0 saturated carbocycles. The van der Waals surface area contributed by atoms with E-state index >= 15 is 0 Å². The number of hydrogen-bond acceptors (Lipinski definition) is 6. The fraction of sp³-hybridized carbons (Fsp3) is 0.174. The van der Waals surface area contributed by atoms with Gasteiger partial charge in [0.05, 0.1) is 23.7 Å². The van der Waals surface area contributed by atoms with Gasteiger partial charge in [0.1, 0.15) is 11.3 Å². The summed E-state index contributed by atoms with van der Waals surface area (Å²) in [6.07, 6.45) is 3.21. The van der Waals surface area contributed by atoms with Gasteiger partial charge in [-0.2, -0.15) is 0 Å². The van der Waals surface area contributed by atoms with Crippen molar-refractivity contribution < 1.29 is 8.83 Å². The quantitative estimate of drug-likeness (QED) is 0.213. The maximum atomic E-state index is 13.1. The SMILES string of the molecule is O=c1c2ccccc2nc(SCCCc2nc3ccccc3o2)n1Cc1ccco1. The van der Waals surface area contributed by atoms with Crippen LogP contribution in [0.1, 0.15) is 18.1 Å². The molecule has 7 heteroatoms. The number of para-hydroxylation sites is 3. The van der Waals surface area contributed by atoms with E-state index in [1.165, 1.54) is 0 Å². The summed E-state index contributed by atoms with van der Waals surface area (Å²) in [4.78, 5) is 22.3. The summed E-state index contributed by atoms with van der Waals surface area (Å²) in [6.45, 7) is 0.358. The van der Waals surface area contributed by atoms with Crippen LogP contribution in [-0.2, 0) is 13.0 Å². The highest BCUT2D eigenvalue weighted by Crippen LogP contribution is 2.21. The van der Waals surface area contributed by atoms with Crippen LogP contribution in [0.2, 0.25) is 0 Å². The van der Waals surface area contributed by atoms with Crippen molar-refractivity contribution in [2.24, 2.45) is 0 Å². The van der Waals surface area contributed by atoms with Gasteiger partial charge < -0.3 is 8.83 Å². The smallest absolute Gasteiger partial charge is 0.262 e. The van der Waals surface area contributed by atoms with E-state index in [0.29, 0.717) is 22.6 Å². The minimum Gasteiger partial charge on any atom is -0.467 e. The molecule has 0 saturated heterocycles. The summed E-state index contributed by atoms with van der Waals surface area (Å²) in [5, 5.41) is 1.30. The van der Waals surface area contributed by atoms with Gasteiger partial charge in [0.25, 0.3) is 5.56 Å². The maximum Gasteiger partial charge on any atom is 0.262 e. The van der Waals surface area contributed by atoms with Crippen LogP contribution < -0.4 is 5.56 Å². The van der Waals surface area contributed by atoms with Gasteiger partial charge in [0.2, 0.25) is 0 Å². The van der Waals surface area contributed by atoms with Crippen molar-refractivity contribution in [2.75, 3.05) is 5.75 Å². The molecule has 150 valence electrons. The van der Waals surface area contributed by atoms with E-state index in [0.717, 1.165) is 41.3 Å². The van der Waals surface area contributed by atoms with Crippen molar-refractivity contribution in [2.45, 2.75) is 24.5 Å². The Morgan fingerprint density at radius 2 is 1.77 bits per heavy atom. The van der Waals surface area contributed by atoms with E-state index in [-0.39, 0.29) is 5.56 Å². The van der Waals surface area contributed by atoms with E-state index in [2.05, 4.69) is 4.98 Å². The highest BCUT2D eigenvalue weighted by atomic mass is 32.2. The minimum atomic E-state index is -0.0570. The van der Waals surface area contributed by atoms with E-state index in [1.807, 2.05) is 60.7 Å². The second-order valence-electron chi connectivity index (χ2n) is 6.91. The molecule has 5 rings (SSSR count). The molecule has 6 nitrogen and oxygen atoms in total. The Morgan fingerprint density at radius 1 is 0.933 bits per heavy atom. The molecular weight excluding hydrogens is 398 g/mol. The summed E-state index contributed by atoms with van der Waals surface area (Å²) in [7, 11) is 0. The van der Waals surface area contributed by atoms with Crippen molar-refractivity contribution in [3.05, 3.63) is 88.9 Å². The summed E-state index contributed by atoms with van der Waals surface area (Å²) in [5.41, 5.74) is 2.34. The largest absolute Gasteiger partial charge is 0.467 e. The van der Waals surface area contributed by atoms with Crippen molar-refractivity contribution in [3.63, 3.8) is 0 Å². The third kappa shape index (κ3) is 3.76. The van der Waals surface area contributed by atoms with Gasteiger partial charge in [0.15, 0.2) is 16.6 Å². The lowest BCUT2D eigenvalue weighted by atomic mass is 10.2. The number of rotatable bonds is 7. The molecule has 0 bridgehead atoms. The van der Waals surface area contributed by atoms with Crippen LogP contribution in [0.25, 0.3) is 22.0 Å². The average Bonchev–Trinajstić information content (AvgIpc) is 3.43. The predicted molar refractivity (Wildman–Crippen MR) is 117 cm³/mol. The molecule has 0 unspecified atom stereocenters. The molecule has 30 heavy (non-hydrogen) atoms. The normalized spacial score (nSPS) is 11.5. The number of aromatic nitrogens is 3. The molecule has 0 aliphatic carbocycles. The third-order valence-corrected chi connectivity index (χ3v) is 5.89. The fourth-order valence-electron chi connectivity index (χ4n) is 3.37. The molecular formula is C23H19N3O3S. The first-order valence-electron chi connectivity index (χ1n) is 9.77. The maximum absolute atomic E-state index is 13.1. The molecule has 0 fully saturated rings. The topological polar surface area (TPSA) is 74.1 Å². The number of thioether (sulfide) groups is 1. The highest BCUT2D eigenvalue weighted by molar-refractivity contribution is 7.99. The first-order chi connectivity index (χ1) is 14.8. The zero-order chi connectivity index (χ0) is 20.3. The number of oxazole rings is 1. The molecule has 0 radical (unpaired) electrons. The Balaban J connectivity index is 1.35. The molecule has 2 aromatic carbocycles. The lowest BCUT2D eigenvalue weighted by molar-refractivity contribution is 0.476. The zero-order valence-corrected chi connectivity index (χ0v) is 17.0. The van der Waals surface area contributed by atoms with Crippen LogP contribution in [0.3, 0.4) is 0 Å². The van der Waals surface area contributed by atoms with Gasteiger partial charge in [-0.15, -0.1) is 0 Å². The lowest BCUT2D eigenvalue weighted by Crippen LogP contribution is -2.23. The van der Waals surface area contributed by atoms with Crippen LogP contribution in [0.15, 0.2) is 85.7 Å². The number of furan rings is 1. The van der Waals surface area contributed by atoms with Crippen molar-refractivity contribution in [1.82, 2.24) is 14.5 Å². The Hall–Kier alpha value is -3.32. The second-order valence-corrected chi connectivity index (χ2v) is 7.97. The molecule has 0 N–H and O–H groups in total. The Labute approximate surface area is 176 Å². The van der Waals surface area contributed by atoms with Crippen LogP contribution >= 0.6 is 11.8 Å². The summed E-state index contributed by atoms with van der Waals surface area (Å²) >= 11 is 1.56. The van der Waals surface area contributed by atoms with Gasteiger partial charge in [-0.25, -0.2) is 9.97 Å². The Bertz CT molecular complexity index is 1320. The standard InChI is InChI=1S/C23H19N3O3S/c27-22-17-8-1-2-9-18(17)25-23(26(22)15-16-7-5-13-28-16)30-14-6-12-21-24-19-10-3-4-11-20(19)29-21/h1-5,7-11,13H,6,12,14-15H2. The Morgan fingerprint density at radius 3 is 2.60 bits per heavy atom. The van der Waals surface area contributed by atoms with Crippen LogP contribution in [0.5, 0.6) is 0 Å². The van der Waals surface area contributed by atoms with Crippen LogP contribution in [0.4, 0.5) is 0 Å². The van der Waals surface area contributed by atoms with Gasteiger partial charge in [-0.1, -0.05) is 36.0 Å². The van der Waals surface area contributed by atoms with Gasteiger partial charge in [-0.05, 0) is 42.8 Å². The number of nitrogens with zero attached hydrogens (tertiary/aromatic N) is 3. The first kappa shape index (κ1) is 18.7. The van der Waals surface area contributed by atoms with Crippen molar-refractivity contribution in [1.29, 1.82) is 0 Å². The number of benzene rings is 2. The van der Waals surface area contributed by atoms with Crippen LogP contribution in [0, 0.1) is 0 Å². The van der Waals surface area contributed by atoms with Crippen molar-refractivity contribution >= 4 is 33.8 Å². The molecule has 0 spiro atoms. The third-order valence-electron chi connectivity index (χ3n) is 4.82. The zero-order valence-electron chi connectivity index (χ0n) is 16.2. The Kier molecular flexibility index (Phi) is 5.11. The minimum absolute atomic E-state index is 0.0570. The van der Waals surface area contributed by atoms with E-state index in [1.54, 1.807) is 22.6 Å². The van der Waals surface area contributed by atoms with Gasteiger partial charge >= 0.3 is 0 Å². The lowest BCUT2D eigenvalue weighted by Gasteiger charge is -2.12. The second kappa shape index (κ2) is 8.20. The molecule has 0 aliphatic rings. The number of aryl methyl sites for hydroxylation is 1. The predicted octanol–water partition coefficient (Wildman–Crippen LogP) is 4.90. The average molecular weight is 417 g/mol. The monoisotopic (exact) mass is 417 g/mol. The summed E-state index contributed by atoms with van der Waals surface area (Å²) in [5.74, 6) is 2.25. The van der Waals surface area contributed by atoms with Gasteiger partial charge in [-0.3, -0.25) is 9.36 Å². The molecule has 3 heterocycles. The number of fused-ring (bicyclic) bond motifs is 2. The first-order valence-corrected chi connectivity index (χ1v) is 10.8. The molecule has 0 aliphatic heterocycles. The van der Waals surface area contributed by atoms with Crippen molar-refractivity contribution in [3.8, 4) is 0 Å².